The highest BCUT2D eigenvalue weighted by Crippen LogP contribution is 2.50. The van der Waals surface area contributed by atoms with Crippen LogP contribution in [0.1, 0.15) is 78.1 Å². The van der Waals surface area contributed by atoms with E-state index in [1.54, 1.807) is 9.47 Å². The summed E-state index contributed by atoms with van der Waals surface area (Å²) in [4.78, 5) is 58.1. The van der Waals surface area contributed by atoms with Crippen molar-refractivity contribution in [1.82, 2.24) is 34.0 Å². The molecule has 6 heterocycles. The molecule has 8 rings (SSSR count). The van der Waals surface area contributed by atoms with Crippen LogP contribution in [0.15, 0.2) is 35.4 Å². The lowest BCUT2D eigenvalue weighted by atomic mass is 9.73. The van der Waals surface area contributed by atoms with Gasteiger partial charge in [-0.25, -0.2) is 14.4 Å². The van der Waals surface area contributed by atoms with Crippen molar-refractivity contribution in [3.8, 4) is 5.75 Å². The van der Waals surface area contributed by atoms with Crippen LogP contribution in [-0.2, 0) is 27.7 Å². The van der Waals surface area contributed by atoms with E-state index in [1.165, 1.54) is 10.8 Å². The van der Waals surface area contributed by atoms with Crippen molar-refractivity contribution < 1.29 is 37.0 Å². The normalized spacial score (nSPS) is 19.6. The highest BCUT2D eigenvalue weighted by Gasteiger charge is 2.49. The third-order valence-corrected chi connectivity index (χ3v) is 10.8. The van der Waals surface area contributed by atoms with Gasteiger partial charge in [0.25, 0.3) is 11.5 Å². The number of anilines is 2. The number of alkyl halides is 3. The number of hydrogen-bond donors (Lipinski definition) is 2. The Labute approximate surface area is 299 Å². The average molecular weight is 738 g/mol. The molecule has 14 nitrogen and oxygen atoms in total. The molecule has 1 aliphatic carbocycles. The Bertz CT molecular complexity index is 2240. The van der Waals surface area contributed by atoms with Crippen molar-refractivity contribution in [2.24, 2.45) is 0 Å². The lowest BCUT2D eigenvalue weighted by Gasteiger charge is -2.39. The predicted molar refractivity (Wildman–Crippen MR) is 181 cm³/mol. The second-order valence-electron chi connectivity index (χ2n) is 14.0. The Morgan fingerprint density at radius 2 is 1.91 bits per heavy atom. The molecule has 2 amide bonds. The second-order valence-corrected chi connectivity index (χ2v) is 14.0. The maximum absolute atomic E-state index is 14.8. The molecule has 278 valence electrons. The zero-order chi connectivity index (χ0) is 37.2. The monoisotopic (exact) mass is 737 g/mol. The lowest BCUT2D eigenvalue weighted by Crippen LogP contribution is -2.47. The molecule has 3 aliphatic heterocycles. The SMILES string of the molecule is CC1CC2(CCN(C(=O)c3ncnc(N4CCC4)c3O)CC2)c2c1n(CC(=O)Nc1ccc(C(F)(F)F)cc1F)c1nc(C3=CCOCC3)nn1c2=O. The number of carbonyl (C=O) groups is 2. The summed E-state index contributed by atoms with van der Waals surface area (Å²) in [5.41, 5.74) is -1.04. The van der Waals surface area contributed by atoms with E-state index in [-0.39, 0.29) is 36.2 Å². The van der Waals surface area contributed by atoms with E-state index in [4.69, 9.17) is 4.74 Å². The minimum atomic E-state index is -4.76. The van der Waals surface area contributed by atoms with E-state index in [0.717, 1.165) is 31.1 Å². The summed E-state index contributed by atoms with van der Waals surface area (Å²) >= 11 is 0. The van der Waals surface area contributed by atoms with Gasteiger partial charge in [-0.2, -0.15) is 22.7 Å². The third-order valence-electron chi connectivity index (χ3n) is 10.8. The van der Waals surface area contributed by atoms with Crippen LogP contribution < -0.4 is 15.8 Å². The number of fused-ring (bicyclic) bond motifs is 3. The van der Waals surface area contributed by atoms with Gasteiger partial charge >= 0.3 is 6.18 Å². The van der Waals surface area contributed by atoms with Crippen molar-refractivity contribution in [3.05, 3.63) is 75.1 Å². The van der Waals surface area contributed by atoms with Crippen LogP contribution in [0.3, 0.4) is 0 Å². The van der Waals surface area contributed by atoms with E-state index < -0.39 is 52.6 Å². The molecule has 2 saturated heterocycles. The smallest absolute Gasteiger partial charge is 0.416 e. The molecule has 1 atom stereocenters. The van der Waals surface area contributed by atoms with Gasteiger partial charge in [0.15, 0.2) is 23.1 Å². The number of halogens is 4. The second kappa shape index (κ2) is 12.9. The fourth-order valence-corrected chi connectivity index (χ4v) is 8.04. The summed E-state index contributed by atoms with van der Waals surface area (Å²) in [5.74, 6) is -2.26. The van der Waals surface area contributed by atoms with Gasteiger partial charge < -0.3 is 29.5 Å². The zero-order valence-electron chi connectivity index (χ0n) is 28.6. The molecule has 1 aromatic carbocycles. The van der Waals surface area contributed by atoms with Crippen molar-refractivity contribution in [3.63, 3.8) is 0 Å². The molecule has 3 aromatic heterocycles. The zero-order valence-corrected chi connectivity index (χ0v) is 28.6. The Morgan fingerprint density at radius 1 is 1.13 bits per heavy atom. The van der Waals surface area contributed by atoms with Crippen molar-refractivity contribution in [1.29, 1.82) is 0 Å². The summed E-state index contributed by atoms with van der Waals surface area (Å²) in [7, 11) is 0. The van der Waals surface area contributed by atoms with Crippen LogP contribution in [-0.4, -0.2) is 90.3 Å². The third kappa shape index (κ3) is 5.97. The molecule has 4 aromatic rings. The van der Waals surface area contributed by atoms with Gasteiger partial charge in [-0.3, -0.25) is 14.4 Å². The average Bonchev–Trinajstić information content (AvgIpc) is 3.68. The maximum Gasteiger partial charge on any atom is 0.416 e. The van der Waals surface area contributed by atoms with E-state index in [1.807, 2.05) is 17.9 Å². The van der Waals surface area contributed by atoms with Crippen LogP contribution in [0.2, 0.25) is 0 Å². The minimum absolute atomic E-state index is 0.0878. The van der Waals surface area contributed by atoms with E-state index >= 15 is 0 Å². The van der Waals surface area contributed by atoms with Gasteiger partial charge in [-0.15, -0.1) is 5.10 Å². The van der Waals surface area contributed by atoms with Crippen molar-refractivity contribution >= 4 is 34.7 Å². The Morgan fingerprint density at radius 3 is 2.57 bits per heavy atom. The highest BCUT2D eigenvalue weighted by molar-refractivity contribution is 5.96. The molecular weight excluding hydrogens is 702 g/mol. The molecule has 0 saturated carbocycles. The van der Waals surface area contributed by atoms with E-state index in [2.05, 4.69) is 25.4 Å². The van der Waals surface area contributed by atoms with Crippen molar-refractivity contribution in [2.45, 2.75) is 63.1 Å². The molecule has 4 aliphatic rings. The number of rotatable bonds is 6. The number of amides is 2. The summed E-state index contributed by atoms with van der Waals surface area (Å²) in [6.45, 7) is 4.23. The Hall–Kier alpha value is -5.39. The lowest BCUT2D eigenvalue weighted by molar-refractivity contribution is -0.137. The van der Waals surface area contributed by atoms with Crippen molar-refractivity contribution in [2.75, 3.05) is 49.6 Å². The van der Waals surface area contributed by atoms with Gasteiger partial charge in [0.2, 0.25) is 11.7 Å². The fraction of sp³-hybridized carbons (Fsp3) is 0.457. The number of likely N-dealkylation sites (tertiary alicyclic amines) is 1. The van der Waals surface area contributed by atoms with Crippen LogP contribution in [0.25, 0.3) is 11.4 Å². The number of ether oxygens (including phenoxy) is 1. The number of benzene rings is 1. The van der Waals surface area contributed by atoms with Crippen LogP contribution in [0.4, 0.5) is 29.1 Å². The molecule has 1 spiro atoms. The molecular formula is C35H35F4N9O5. The minimum Gasteiger partial charge on any atom is -0.503 e. The predicted octanol–water partition coefficient (Wildman–Crippen LogP) is 3.88. The largest absolute Gasteiger partial charge is 0.503 e. The van der Waals surface area contributed by atoms with Crippen LogP contribution >= 0.6 is 0 Å². The van der Waals surface area contributed by atoms with Crippen LogP contribution in [0, 0.1) is 5.82 Å². The quantitative estimate of drug-likeness (QED) is 0.278. The first-order chi connectivity index (χ1) is 25.3. The Kier molecular flexibility index (Phi) is 8.46. The van der Waals surface area contributed by atoms with Gasteiger partial charge in [-0.1, -0.05) is 13.0 Å². The van der Waals surface area contributed by atoms with E-state index in [9.17, 15) is 37.1 Å². The summed E-state index contributed by atoms with van der Waals surface area (Å²) in [6.07, 6.45) is 1.10. The standard InChI is InChI=1S/C35H35F4N9O5/c1-19-16-34(7-11-46(12-8-34)32(52)26-28(50)30(41-18-40-26)45-9-2-10-45)25-27(19)47(17-24(49)42-23-4-3-21(15-22(23)36)35(37,38)39)33-43-29(44-48(33)31(25)51)20-5-13-53-14-6-20/h3-5,15,18-19,50H,2,6-14,16-17H2,1H3,(H,42,49). The molecule has 0 bridgehead atoms. The summed E-state index contributed by atoms with van der Waals surface area (Å²) < 4.78 is 62.4. The number of nitrogens with one attached hydrogen (secondary N) is 1. The topological polar surface area (TPSA) is 160 Å². The summed E-state index contributed by atoms with van der Waals surface area (Å²) in [6, 6.07) is 1.85. The van der Waals surface area contributed by atoms with Gasteiger partial charge in [-0.05, 0) is 61.8 Å². The van der Waals surface area contributed by atoms with Gasteiger partial charge in [0.1, 0.15) is 18.7 Å². The van der Waals surface area contributed by atoms with Gasteiger partial charge in [0, 0.05) is 42.9 Å². The Balaban J connectivity index is 1.13. The fourth-order valence-electron chi connectivity index (χ4n) is 8.04. The number of aromatic hydroxyl groups is 1. The molecule has 53 heavy (non-hydrogen) atoms. The highest BCUT2D eigenvalue weighted by atomic mass is 19.4. The number of piperidine rings is 1. The number of hydrogen-bond acceptors (Lipinski definition) is 10. The molecule has 2 N–H and O–H groups in total. The van der Waals surface area contributed by atoms with E-state index in [0.29, 0.717) is 73.9 Å². The number of carbonyl (C=O) groups excluding carboxylic acids is 2. The van der Waals surface area contributed by atoms with Crippen LogP contribution in [0.5, 0.6) is 5.75 Å². The van der Waals surface area contributed by atoms with Gasteiger partial charge in [0.05, 0.1) is 24.5 Å². The molecule has 18 heteroatoms. The number of nitrogens with zero attached hydrogens (tertiary/aromatic N) is 8. The number of aromatic nitrogens is 6. The molecule has 0 radical (unpaired) electrons. The molecule has 2 fully saturated rings. The molecule has 1 unspecified atom stereocenters. The first-order valence-electron chi connectivity index (χ1n) is 17.4. The maximum atomic E-state index is 14.8. The first-order valence-corrected chi connectivity index (χ1v) is 17.4. The summed E-state index contributed by atoms with van der Waals surface area (Å²) in [5, 5.41) is 17.9. The first kappa shape index (κ1) is 34.7.